The van der Waals surface area contributed by atoms with Gasteiger partial charge in [0.1, 0.15) is 5.82 Å². The molecule has 2 aromatic rings. The number of hydrogen-bond acceptors (Lipinski definition) is 3. The summed E-state index contributed by atoms with van der Waals surface area (Å²) in [5.41, 5.74) is 2.48. The molecule has 150 valence electrons. The van der Waals surface area contributed by atoms with Gasteiger partial charge in [0.05, 0.1) is 0 Å². The maximum atomic E-state index is 12.6. The van der Waals surface area contributed by atoms with Crippen LogP contribution in [0.15, 0.2) is 36.5 Å². The molecule has 4 rings (SSSR count). The van der Waals surface area contributed by atoms with Gasteiger partial charge in [0.15, 0.2) is 0 Å². The molecule has 2 saturated heterocycles. The number of nitrogens with zero attached hydrogens (tertiary/aromatic N) is 3. The molecule has 0 saturated carbocycles. The van der Waals surface area contributed by atoms with Crippen LogP contribution in [0.3, 0.4) is 0 Å². The fourth-order valence-electron chi connectivity index (χ4n) is 4.63. The fraction of sp³-hybridized carbons (Fsp3) is 0.565. The third-order valence-corrected chi connectivity index (χ3v) is 6.25. The van der Waals surface area contributed by atoms with Crippen LogP contribution in [0.2, 0.25) is 0 Å². The minimum atomic E-state index is 0.286. The van der Waals surface area contributed by atoms with Gasteiger partial charge in [-0.15, -0.1) is 0 Å². The Morgan fingerprint density at radius 3 is 2.54 bits per heavy atom. The summed E-state index contributed by atoms with van der Waals surface area (Å²) in [5, 5.41) is 0. The van der Waals surface area contributed by atoms with E-state index in [0.29, 0.717) is 18.4 Å². The minimum absolute atomic E-state index is 0.286. The molecule has 1 aromatic carbocycles. The van der Waals surface area contributed by atoms with Crippen molar-refractivity contribution in [3.8, 4) is 0 Å². The largest absolute Gasteiger partial charge is 0.381 e. The second-order valence-corrected chi connectivity index (χ2v) is 8.11. The predicted octanol–water partition coefficient (Wildman–Crippen LogP) is 3.88. The Hall–Kier alpha value is -2.14. The smallest absolute Gasteiger partial charge is 0.222 e. The van der Waals surface area contributed by atoms with Crippen molar-refractivity contribution >= 4 is 5.91 Å². The molecule has 0 radical (unpaired) electrons. The minimum Gasteiger partial charge on any atom is -0.381 e. The number of aryl methyl sites for hydroxylation is 2. The van der Waals surface area contributed by atoms with Gasteiger partial charge in [-0.2, -0.15) is 0 Å². The molecule has 28 heavy (non-hydrogen) atoms. The highest BCUT2D eigenvalue weighted by Crippen LogP contribution is 2.32. The number of aromatic nitrogens is 2. The molecular formula is C23H31N3O2. The number of amides is 1. The van der Waals surface area contributed by atoms with E-state index in [1.807, 2.05) is 24.4 Å². The predicted molar refractivity (Wildman–Crippen MR) is 109 cm³/mol. The van der Waals surface area contributed by atoms with E-state index in [-0.39, 0.29) is 5.91 Å². The van der Waals surface area contributed by atoms with Crippen molar-refractivity contribution in [3.05, 3.63) is 53.6 Å². The fourth-order valence-corrected chi connectivity index (χ4v) is 4.63. The molecule has 2 aliphatic rings. The van der Waals surface area contributed by atoms with Gasteiger partial charge in [-0.3, -0.25) is 4.79 Å². The van der Waals surface area contributed by atoms with Crippen molar-refractivity contribution in [1.29, 1.82) is 0 Å². The number of hydrogen-bond donors (Lipinski definition) is 0. The van der Waals surface area contributed by atoms with Crippen molar-refractivity contribution < 1.29 is 9.53 Å². The second kappa shape index (κ2) is 8.91. The van der Waals surface area contributed by atoms with Gasteiger partial charge in [-0.05, 0) is 44.6 Å². The van der Waals surface area contributed by atoms with Crippen molar-refractivity contribution in [1.82, 2.24) is 14.5 Å². The number of piperidine rings is 1. The average Bonchev–Trinajstić information content (AvgIpc) is 3.15. The average molecular weight is 382 g/mol. The monoisotopic (exact) mass is 381 g/mol. The van der Waals surface area contributed by atoms with Gasteiger partial charge < -0.3 is 14.2 Å². The summed E-state index contributed by atoms with van der Waals surface area (Å²) in [4.78, 5) is 19.5. The Morgan fingerprint density at radius 2 is 1.82 bits per heavy atom. The normalized spacial score (nSPS) is 19.1. The van der Waals surface area contributed by atoms with Crippen LogP contribution in [-0.4, -0.2) is 46.7 Å². The molecule has 0 aliphatic carbocycles. The number of carbonyl (C=O) groups is 1. The molecule has 0 spiro atoms. The highest BCUT2D eigenvalue weighted by molar-refractivity contribution is 5.76. The first-order chi connectivity index (χ1) is 13.7. The lowest BCUT2D eigenvalue weighted by atomic mass is 9.97. The van der Waals surface area contributed by atoms with Gasteiger partial charge in [0, 0.05) is 56.6 Å². The number of rotatable bonds is 5. The maximum absolute atomic E-state index is 12.6. The van der Waals surface area contributed by atoms with E-state index in [9.17, 15) is 4.79 Å². The van der Waals surface area contributed by atoms with Crippen LogP contribution >= 0.6 is 0 Å². The quantitative estimate of drug-likeness (QED) is 0.790. The Bertz CT molecular complexity index is 772. The molecule has 1 amide bonds. The summed E-state index contributed by atoms with van der Waals surface area (Å²) in [6.45, 7) is 5.54. The summed E-state index contributed by atoms with van der Waals surface area (Å²) < 4.78 is 7.99. The zero-order valence-electron chi connectivity index (χ0n) is 16.8. The third kappa shape index (κ3) is 4.30. The van der Waals surface area contributed by atoms with E-state index in [1.165, 1.54) is 17.1 Å². The Balaban J connectivity index is 1.34. The van der Waals surface area contributed by atoms with Gasteiger partial charge in [-0.1, -0.05) is 30.3 Å². The highest BCUT2D eigenvalue weighted by atomic mass is 16.5. The van der Waals surface area contributed by atoms with Crippen LogP contribution in [0.4, 0.5) is 0 Å². The van der Waals surface area contributed by atoms with E-state index in [1.54, 1.807) is 0 Å². The van der Waals surface area contributed by atoms with Crippen LogP contribution in [0.5, 0.6) is 0 Å². The summed E-state index contributed by atoms with van der Waals surface area (Å²) in [5.74, 6) is 2.02. The van der Waals surface area contributed by atoms with Crippen LogP contribution in [0.25, 0.3) is 0 Å². The van der Waals surface area contributed by atoms with Gasteiger partial charge in [-0.25, -0.2) is 4.98 Å². The molecule has 3 heterocycles. The summed E-state index contributed by atoms with van der Waals surface area (Å²) in [6.07, 6.45) is 7.61. The van der Waals surface area contributed by atoms with Crippen molar-refractivity contribution in [2.24, 2.45) is 0 Å². The van der Waals surface area contributed by atoms with Crippen LogP contribution in [0.1, 0.15) is 61.1 Å². The van der Waals surface area contributed by atoms with E-state index in [0.717, 1.165) is 58.4 Å². The molecule has 0 atom stereocenters. The van der Waals surface area contributed by atoms with E-state index >= 15 is 0 Å². The first-order valence-electron chi connectivity index (χ1n) is 10.7. The molecule has 0 bridgehead atoms. The second-order valence-electron chi connectivity index (χ2n) is 8.11. The first-order valence-corrected chi connectivity index (χ1v) is 10.7. The molecule has 0 N–H and O–H groups in total. The standard InChI is InChI=1S/C23H31N3O2/c1-18-17-24-23(20-11-15-28-16-12-20)26(18)21-9-13-25(14-10-21)22(27)8-7-19-5-3-2-4-6-19/h2-6,17,20-21H,7-16H2,1H3. The van der Waals surface area contributed by atoms with Gasteiger partial charge in [0.2, 0.25) is 5.91 Å². The zero-order chi connectivity index (χ0) is 19.3. The Kier molecular flexibility index (Phi) is 6.10. The van der Waals surface area contributed by atoms with Gasteiger partial charge >= 0.3 is 0 Å². The highest BCUT2D eigenvalue weighted by Gasteiger charge is 2.29. The molecule has 2 fully saturated rings. The Morgan fingerprint density at radius 1 is 1.11 bits per heavy atom. The molecule has 1 aromatic heterocycles. The number of likely N-dealkylation sites (tertiary alicyclic amines) is 1. The first kappa shape index (κ1) is 19.2. The zero-order valence-corrected chi connectivity index (χ0v) is 16.8. The van der Waals surface area contributed by atoms with E-state index in [4.69, 9.17) is 9.72 Å². The van der Waals surface area contributed by atoms with E-state index < -0.39 is 0 Å². The topological polar surface area (TPSA) is 47.4 Å². The molecule has 2 aliphatic heterocycles. The number of carbonyl (C=O) groups excluding carboxylic acids is 1. The third-order valence-electron chi connectivity index (χ3n) is 6.25. The molecule has 5 nitrogen and oxygen atoms in total. The number of benzene rings is 1. The summed E-state index contributed by atoms with van der Waals surface area (Å²) in [7, 11) is 0. The van der Waals surface area contributed by atoms with Crippen molar-refractivity contribution in [2.75, 3.05) is 26.3 Å². The molecular weight excluding hydrogens is 350 g/mol. The van der Waals surface area contributed by atoms with E-state index in [2.05, 4.69) is 28.5 Å². The van der Waals surface area contributed by atoms with Gasteiger partial charge in [0.25, 0.3) is 0 Å². The van der Waals surface area contributed by atoms with Crippen LogP contribution in [-0.2, 0) is 16.0 Å². The van der Waals surface area contributed by atoms with Crippen molar-refractivity contribution in [2.45, 2.75) is 57.4 Å². The van der Waals surface area contributed by atoms with Crippen LogP contribution < -0.4 is 0 Å². The number of ether oxygens (including phenoxy) is 1. The molecule has 5 heteroatoms. The summed E-state index contributed by atoms with van der Waals surface area (Å²) in [6, 6.07) is 10.7. The lowest BCUT2D eigenvalue weighted by Gasteiger charge is -2.35. The maximum Gasteiger partial charge on any atom is 0.222 e. The van der Waals surface area contributed by atoms with Crippen LogP contribution in [0, 0.1) is 6.92 Å². The molecule has 0 unspecified atom stereocenters. The SMILES string of the molecule is Cc1cnc(C2CCOCC2)n1C1CCN(C(=O)CCc2ccccc2)CC1. The lowest BCUT2D eigenvalue weighted by molar-refractivity contribution is -0.132. The lowest BCUT2D eigenvalue weighted by Crippen LogP contribution is -2.39. The summed E-state index contributed by atoms with van der Waals surface area (Å²) >= 11 is 0. The van der Waals surface area contributed by atoms with Crippen molar-refractivity contribution in [3.63, 3.8) is 0 Å². The number of imidazole rings is 1. The Labute approximate surface area is 167 Å².